The highest BCUT2D eigenvalue weighted by atomic mass is 15.3. The summed E-state index contributed by atoms with van der Waals surface area (Å²) in [6.07, 6.45) is 51.8. The molecule has 0 aliphatic carbocycles. The molecule has 0 spiro atoms. The van der Waals surface area contributed by atoms with Crippen LogP contribution >= 0.6 is 0 Å². The summed E-state index contributed by atoms with van der Waals surface area (Å²) in [5.74, 6) is 0. The van der Waals surface area contributed by atoms with Crippen LogP contribution in [0.3, 0.4) is 0 Å². The highest BCUT2D eigenvalue weighted by molar-refractivity contribution is 4.53. The zero-order valence-corrected chi connectivity index (χ0v) is 29.9. The molecule has 0 heterocycles. The predicted octanol–water partition coefficient (Wildman–Crippen LogP) is 14.4. The van der Waals surface area contributed by atoms with E-state index in [-0.39, 0.29) is 0 Å². The van der Waals surface area contributed by atoms with Gasteiger partial charge in [-0.15, -0.1) is 0 Å². The highest BCUT2D eigenvalue weighted by Gasteiger charge is 2.05. The van der Waals surface area contributed by atoms with Gasteiger partial charge in [0.15, 0.2) is 0 Å². The van der Waals surface area contributed by atoms with Gasteiger partial charge in [0, 0.05) is 0 Å². The summed E-state index contributed by atoms with van der Waals surface area (Å²) in [6.45, 7) is 3.64. The minimum absolute atomic E-state index is 1.12. The van der Waals surface area contributed by atoms with E-state index in [0.717, 1.165) is 4.48 Å². The minimum Gasteiger partial charge on any atom is -0.331 e. The first-order valence-electron chi connectivity index (χ1n) is 19.9. The number of hydrogen-bond donors (Lipinski definition) is 0. The predicted molar refractivity (Wildman–Crippen MR) is 190 cm³/mol. The lowest BCUT2D eigenvalue weighted by molar-refractivity contribution is -0.870. The first-order valence-corrected chi connectivity index (χ1v) is 19.9. The van der Waals surface area contributed by atoms with Crippen molar-refractivity contribution < 1.29 is 4.48 Å². The summed E-state index contributed by atoms with van der Waals surface area (Å²) in [4.78, 5) is 0. The van der Waals surface area contributed by atoms with E-state index in [9.17, 15) is 0 Å². The number of quaternary nitrogens is 1. The molecule has 41 heavy (non-hydrogen) atoms. The van der Waals surface area contributed by atoms with Gasteiger partial charge in [-0.25, -0.2) is 0 Å². The quantitative estimate of drug-likeness (QED) is 0.0512. The number of unbranched alkanes of at least 4 members (excludes halogenated alkanes) is 34. The van der Waals surface area contributed by atoms with Gasteiger partial charge in [0.05, 0.1) is 27.7 Å². The fourth-order valence-electron chi connectivity index (χ4n) is 6.49. The van der Waals surface area contributed by atoms with E-state index in [4.69, 9.17) is 0 Å². The van der Waals surface area contributed by atoms with Crippen molar-refractivity contribution in [1.82, 2.24) is 0 Å². The van der Waals surface area contributed by atoms with E-state index in [2.05, 4.69) is 28.1 Å². The third kappa shape index (κ3) is 40.0. The molecule has 0 saturated heterocycles. The fraction of sp³-hybridized carbons (Fsp3) is 1.00. The van der Waals surface area contributed by atoms with E-state index in [1.54, 1.807) is 0 Å². The summed E-state index contributed by atoms with van der Waals surface area (Å²) in [7, 11) is 6.93. The van der Waals surface area contributed by atoms with E-state index in [0.29, 0.717) is 0 Å². The SMILES string of the molecule is CCCCCCCCCCCCCCCCCCCCCCCCCCCCCCCCCCCCC[N+](C)(C)C. The zero-order chi connectivity index (χ0) is 30.0. The molecule has 0 radical (unpaired) electrons. The maximum atomic E-state index is 2.31. The lowest BCUT2D eigenvalue weighted by Crippen LogP contribution is -2.35. The summed E-state index contributed by atoms with van der Waals surface area (Å²) in [5.41, 5.74) is 0. The van der Waals surface area contributed by atoms with Crippen molar-refractivity contribution in [2.75, 3.05) is 27.7 Å². The second-order valence-electron chi connectivity index (χ2n) is 15.0. The van der Waals surface area contributed by atoms with Crippen LogP contribution in [-0.4, -0.2) is 32.2 Å². The third-order valence-corrected chi connectivity index (χ3v) is 9.43. The maximum Gasteiger partial charge on any atom is 0.0780 e. The van der Waals surface area contributed by atoms with Gasteiger partial charge in [-0.1, -0.05) is 219 Å². The summed E-state index contributed by atoms with van der Waals surface area (Å²) in [6, 6.07) is 0. The second-order valence-corrected chi connectivity index (χ2v) is 15.0. The van der Waals surface area contributed by atoms with Gasteiger partial charge in [0.2, 0.25) is 0 Å². The topological polar surface area (TPSA) is 0 Å². The molecular weight excluding hydrogens is 494 g/mol. The molecule has 0 saturated carbocycles. The number of hydrogen-bond acceptors (Lipinski definition) is 0. The number of nitrogens with zero attached hydrogens (tertiary/aromatic N) is 1. The second kappa shape index (κ2) is 34.5. The standard InChI is InChI=1S/C40H84N/c1-5-6-7-8-9-10-11-12-13-14-15-16-17-18-19-20-21-22-23-24-25-26-27-28-29-30-31-32-33-34-35-36-37-38-39-40-41(2,3)4/h5-40H2,1-4H3/q+1. The van der Waals surface area contributed by atoms with Crippen LogP contribution in [0.2, 0.25) is 0 Å². The van der Waals surface area contributed by atoms with E-state index in [1.165, 1.54) is 231 Å². The van der Waals surface area contributed by atoms with Crippen LogP contribution in [0.1, 0.15) is 232 Å². The van der Waals surface area contributed by atoms with Crippen LogP contribution in [0.15, 0.2) is 0 Å². The molecular formula is C40H84N+. The van der Waals surface area contributed by atoms with Crippen molar-refractivity contribution in [3.05, 3.63) is 0 Å². The summed E-state index contributed by atoms with van der Waals surface area (Å²) < 4.78 is 1.12. The van der Waals surface area contributed by atoms with E-state index in [1.807, 2.05) is 0 Å². The molecule has 0 aromatic rings. The smallest absolute Gasteiger partial charge is 0.0780 e. The van der Waals surface area contributed by atoms with Gasteiger partial charge >= 0.3 is 0 Å². The van der Waals surface area contributed by atoms with Crippen molar-refractivity contribution >= 4 is 0 Å². The van der Waals surface area contributed by atoms with Crippen molar-refractivity contribution in [2.24, 2.45) is 0 Å². The van der Waals surface area contributed by atoms with Crippen LogP contribution in [0.4, 0.5) is 0 Å². The zero-order valence-electron chi connectivity index (χ0n) is 29.9. The normalized spacial score (nSPS) is 12.0. The van der Waals surface area contributed by atoms with Crippen molar-refractivity contribution in [3.8, 4) is 0 Å². The molecule has 0 unspecified atom stereocenters. The van der Waals surface area contributed by atoms with Gasteiger partial charge in [0.1, 0.15) is 0 Å². The Morgan fingerprint density at radius 2 is 0.366 bits per heavy atom. The summed E-state index contributed by atoms with van der Waals surface area (Å²) >= 11 is 0. The Morgan fingerprint density at radius 1 is 0.220 bits per heavy atom. The van der Waals surface area contributed by atoms with Crippen LogP contribution in [0.5, 0.6) is 0 Å². The molecule has 0 fully saturated rings. The van der Waals surface area contributed by atoms with Gasteiger partial charge in [-0.3, -0.25) is 0 Å². The number of rotatable bonds is 36. The Morgan fingerprint density at radius 3 is 0.512 bits per heavy atom. The average molecular weight is 579 g/mol. The molecule has 0 bridgehead atoms. The Labute approximate surface area is 263 Å². The lowest BCUT2D eigenvalue weighted by atomic mass is 10.0. The Balaban J connectivity index is 3.04. The molecule has 0 atom stereocenters. The van der Waals surface area contributed by atoms with Gasteiger partial charge < -0.3 is 4.48 Å². The molecule has 0 aliphatic heterocycles. The maximum absolute atomic E-state index is 2.31. The minimum atomic E-state index is 1.12. The molecule has 0 amide bonds. The van der Waals surface area contributed by atoms with Crippen LogP contribution in [-0.2, 0) is 0 Å². The Kier molecular flexibility index (Phi) is 34.4. The first-order chi connectivity index (χ1) is 20.1. The molecule has 0 aliphatic rings. The lowest BCUT2D eigenvalue weighted by Gasteiger charge is -2.23. The van der Waals surface area contributed by atoms with Crippen LogP contribution in [0.25, 0.3) is 0 Å². The monoisotopic (exact) mass is 579 g/mol. The van der Waals surface area contributed by atoms with E-state index < -0.39 is 0 Å². The Bertz CT molecular complexity index is 450. The molecule has 0 aromatic heterocycles. The summed E-state index contributed by atoms with van der Waals surface area (Å²) in [5, 5.41) is 0. The first kappa shape index (κ1) is 41.0. The molecule has 1 nitrogen and oxygen atoms in total. The van der Waals surface area contributed by atoms with Gasteiger partial charge in [0.25, 0.3) is 0 Å². The van der Waals surface area contributed by atoms with Crippen molar-refractivity contribution in [2.45, 2.75) is 232 Å². The van der Waals surface area contributed by atoms with Gasteiger partial charge in [-0.2, -0.15) is 0 Å². The van der Waals surface area contributed by atoms with Crippen molar-refractivity contribution in [1.29, 1.82) is 0 Å². The Hall–Kier alpha value is -0.0400. The molecule has 0 N–H and O–H groups in total. The van der Waals surface area contributed by atoms with E-state index >= 15 is 0 Å². The molecule has 1 heteroatoms. The largest absolute Gasteiger partial charge is 0.331 e. The van der Waals surface area contributed by atoms with Crippen molar-refractivity contribution in [3.63, 3.8) is 0 Å². The average Bonchev–Trinajstić information content (AvgIpc) is 2.94. The van der Waals surface area contributed by atoms with Crippen LogP contribution in [0, 0.1) is 0 Å². The molecule has 248 valence electrons. The molecule has 0 aromatic carbocycles. The van der Waals surface area contributed by atoms with Gasteiger partial charge in [-0.05, 0) is 12.8 Å². The third-order valence-electron chi connectivity index (χ3n) is 9.43. The highest BCUT2D eigenvalue weighted by Crippen LogP contribution is 2.17. The fourth-order valence-corrected chi connectivity index (χ4v) is 6.49. The molecule has 0 rings (SSSR count). The van der Waals surface area contributed by atoms with Crippen LogP contribution < -0.4 is 0 Å².